The van der Waals surface area contributed by atoms with Gasteiger partial charge in [0.1, 0.15) is 5.82 Å². The predicted molar refractivity (Wildman–Crippen MR) is 109 cm³/mol. The third-order valence-electron chi connectivity index (χ3n) is 4.14. The van der Waals surface area contributed by atoms with Crippen molar-refractivity contribution >= 4 is 23.3 Å². The number of anilines is 2. The van der Waals surface area contributed by atoms with Gasteiger partial charge in [-0.25, -0.2) is 9.18 Å². The van der Waals surface area contributed by atoms with Crippen LogP contribution in [0.4, 0.5) is 20.6 Å². The van der Waals surface area contributed by atoms with E-state index in [2.05, 4.69) is 20.9 Å². The highest BCUT2D eigenvalue weighted by Gasteiger charge is 2.08. The molecule has 1 heterocycles. The molecule has 3 rings (SSSR count). The van der Waals surface area contributed by atoms with Crippen molar-refractivity contribution in [3.63, 3.8) is 0 Å². The summed E-state index contributed by atoms with van der Waals surface area (Å²) in [6, 6.07) is 14.0. The molecule has 5 N–H and O–H groups in total. The van der Waals surface area contributed by atoms with Crippen molar-refractivity contribution in [2.24, 2.45) is 0 Å². The summed E-state index contributed by atoms with van der Waals surface area (Å²) in [4.78, 5) is 28.1. The van der Waals surface area contributed by atoms with E-state index in [1.807, 2.05) is 0 Å². The number of hydrogen-bond acceptors (Lipinski definition) is 4. The van der Waals surface area contributed by atoms with Crippen molar-refractivity contribution in [2.75, 3.05) is 11.1 Å². The lowest BCUT2D eigenvalue weighted by Gasteiger charge is -2.09. The van der Waals surface area contributed by atoms with Gasteiger partial charge < -0.3 is 21.7 Å². The minimum Gasteiger partial charge on any atom is -0.396 e. The maximum absolute atomic E-state index is 12.9. The SMILES string of the molecule is Nc1cnccc1NC(=O)c1ccc(CNC(=O)NCc2ccc(F)cc2)cc1. The Morgan fingerprint density at radius 1 is 0.897 bits per heavy atom. The van der Waals surface area contributed by atoms with E-state index in [1.165, 1.54) is 18.3 Å². The van der Waals surface area contributed by atoms with Crippen molar-refractivity contribution in [3.05, 3.63) is 89.5 Å². The monoisotopic (exact) mass is 393 g/mol. The summed E-state index contributed by atoms with van der Waals surface area (Å²) in [7, 11) is 0. The fourth-order valence-electron chi connectivity index (χ4n) is 2.52. The molecule has 0 aliphatic heterocycles. The van der Waals surface area contributed by atoms with Crippen LogP contribution in [0.5, 0.6) is 0 Å². The number of nitrogens with one attached hydrogen (secondary N) is 3. The maximum atomic E-state index is 12.9. The molecule has 0 spiro atoms. The number of benzene rings is 2. The molecular formula is C21H20FN5O2. The molecule has 0 aliphatic carbocycles. The van der Waals surface area contributed by atoms with Gasteiger partial charge in [0.15, 0.2) is 0 Å². The third-order valence-corrected chi connectivity index (χ3v) is 4.14. The van der Waals surface area contributed by atoms with Crippen LogP contribution in [0.1, 0.15) is 21.5 Å². The molecule has 1 aromatic heterocycles. The molecule has 3 aromatic rings. The number of urea groups is 1. The Labute approximate surface area is 167 Å². The van der Waals surface area contributed by atoms with E-state index in [0.717, 1.165) is 11.1 Å². The number of nitrogens with zero attached hydrogens (tertiary/aromatic N) is 1. The molecular weight excluding hydrogens is 373 g/mol. The number of carbonyl (C=O) groups is 2. The number of rotatable bonds is 6. The topological polar surface area (TPSA) is 109 Å². The minimum absolute atomic E-state index is 0.292. The zero-order chi connectivity index (χ0) is 20.6. The van der Waals surface area contributed by atoms with Gasteiger partial charge in [-0.3, -0.25) is 9.78 Å². The molecule has 0 atom stereocenters. The van der Waals surface area contributed by atoms with Crippen molar-refractivity contribution in [3.8, 4) is 0 Å². The Morgan fingerprint density at radius 2 is 1.48 bits per heavy atom. The molecule has 0 radical (unpaired) electrons. The fourth-order valence-corrected chi connectivity index (χ4v) is 2.52. The van der Waals surface area contributed by atoms with Crippen LogP contribution in [-0.4, -0.2) is 16.9 Å². The van der Waals surface area contributed by atoms with Gasteiger partial charge >= 0.3 is 6.03 Å². The molecule has 2 aromatic carbocycles. The highest BCUT2D eigenvalue weighted by atomic mass is 19.1. The van der Waals surface area contributed by atoms with E-state index in [0.29, 0.717) is 30.0 Å². The van der Waals surface area contributed by atoms with Gasteiger partial charge in [0.2, 0.25) is 0 Å². The van der Waals surface area contributed by atoms with Gasteiger partial charge in [0.05, 0.1) is 17.6 Å². The molecule has 0 aliphatic rings. The zero-order valence-electron chi connectivity index (χ0n) is 15.5. The average molecular weight is 393 g/mol. The normalized spacial score (nSPS) is 10.2. The average Bonchev–Trinajstić information content (AvgIpc) is 2.74. The quantitative estimate of drug-likeness (QED) is 0.516. The van der Waals surface area contributed by atoms with Crippen LogP contribution in [0.3, 0.4) is 0 Å². The second kappa shape index (κ2) is 9.32. The Hall–Kier alpha value is -3.94. The number of pyridine rings is 1. The molecule has 3 amide bonds. The van der Waals surface area contributed by atoms with Gasteiger partial charge in [-0.1, -0.05) is 24.3 Å². The number of amides is 3. The van der Waals surface area contributed by atoms with Crippen LogP contribution < -0.4 is 21.7 Å². The lowest BCUT2D eigenvalue weighted by atomic mass is 10.1. The molecule has 7 nitrogen and oxygen atoms in total. The van der Waals surface area contributed by atoms with Crippen LogP contribution in [0.15, 0.2) is 67.0 Å². The number of nitrogen functional groups attached to an aromatic ring is 1. The number of aromatic nitrogens is 1. The second-order valence-electron chi connectivity index (χ2n) is 6.28. The van der Waals surface area contributed by atoms with E-state index in [4.69, 9.17) is 5.73 Å². The first-order valence-electron chi connectivity index (χ1n) is 8.87. The number of halogens is 1. The first-order valence-corrected chi connectivity index (χ1v) is 8.87. The summed E-state index contributed by atoms with van der Waals surface area (Å²) in [5.74, 6) is -0.612. The molecule has 0 saturated carbocycles. The Balaban J connectivity index is 1.47. The summed E-state index contributed by atoms with van der Waals surface area (Å²) >= 11 is 0. The molecule has 0 saturated heterocycles. The Kier molecular flexibility index (Phi) is 6.36. The van der Waals surface area contributed by atoms with Crippen LogP contribution in [0, 0.1) is 5.82 Å². The summed E-state index contributed by atoms with van der Waals surface area (Å²) < 4.78 is 12.9. The van der Waals surface area contributed by atoms with E-state index < -0.39 is 0 Å². The minimum atomic E-state index is -0.343. The van der Waals surface area contributed by atoms with Crippen LogP contribution in [0.25, 0.3) is 0 Å². The summed E-state index contributed by atoms with van der Waals surface area (Å²) in [5, 5.41) is 8.15. The molecule has 148 valence electrons. The molecule has 0 unspecified atom stereocenters. The second-order valence-corrected chi connectivity index (χ2v) is 6.28. The largest absolute Gasteiger partial charge is 0.396 e. The van der Waals surface area contributed by atoms with E-state index in [-0.39, 0.29) is 17.8 Å². The van der Waals surface area contributed by atoms with Gasteiger partial charge in [0.25, 0.3) is 5.91 Å². The first-order chi connectivity index (χ1) is 14.0. The third kappa shape index (κ3) is 5.77. The smallest absolute Gasteiger partial charge is 0.315 e. The maximum Gasteiger partial charge on any atom is 0.315 e. The van der Waals surface area contributed by atoms with Crippen molar-refractivity contribution in [1.82, 2.24) is 15.6 Å². The Bertz CT molecular complexity index is 991. The standard InChI is InChI=1S/C21H20FN5O2/c22-17-7-3-15(4-8-17)12-26-21(29)25-11-14-1-5-16(6-2-14)20(28)27-19-9-10-24-13-18(19)23/h1-10,13H,11-12,23H2,(H,24,27,28)(H2,25,26,29). The highest BCUT2D eigenvalue weighted by molar-refractivity contribution is 6.05. The predicted octanol–water partition coefficient (Wildman–Crippen LogP) is 3.05. The summed E-state index contributed by atoms with van der Waals surface area (Å²) in [5.41, 5.74) is 8.74. The number of hydrogen-bond donors (Lipinski definition) is 4. The Morgan fingerprint density at radius 3 is 2.07 bits per heavy atom. The molecule has 0 bridgehead atoms. The first kappa shape index (κ1) is 19.8. The number of nitrogens with two attached hydrogens (primary N) is 1. The lowest BCUT2D eigenvalue weighted by Crippen LogP contribution is -2.34. The molecule has 29 heavy (non-hydrogen) atoms. The summed E-state index contributed by atoms with van der Waals surface area (Å²) in [6.45, 7) is 0.595. The van der Waals surface area contributed by atoms with Crippen LogP contribution >= 0.6 is 0 Å². The lowest BCUT2D eigenvalue weighted by molar-refractivity contribution is 0.102. The van der Waals surface area contributed by atoms with Gasteiger partial charge in [0, 0.05) is 24.8 Å². The van der Waals surface area contributed by atoms with Crippen molar-refractivity contribution < 1.29 is 14.0 Å². The highest BCUT2D eigenvalue weighted by Crippen LogP contribution is 2.16. The van der Waals surface area contributed by atoms with Gasteiger partial charge in [-0.05, 0) is 41.5 Å². The summed E-state index contributed by atoms with van der Waals surface area (Å²) in [6.07, 6.45) is 3.01. The van der Waals surface area contributed by atoms with E-state index in [1.54, 1.807) is 48.7 Å². The van der Waals surface area contributed by atoms with Crippen molar-refractivity contribution in [2.45, 2.75) is 13.1 Å². The number of carbonyl (C=O) groups excluding carboxylic acids is 2. The molecule has 8 heteroatoms. The fraction of sp³-hybridized carbons (Fsp3) is 0.0952. The van der Waals surface area contributed by atoms with Gasteiger partial charge in [-0.15, -0.1) is 0 Å². The van der Waals surface area contributed by atoms with Crippen LogP contribution in [0.2, 0.25) is 0 Å². The zero-order valence-corrected chi connectivity index (χ0v) is 15.5. The molecule has 0 fully saturated rings. The van der Waals surface area contributed by atoms with Gasteiger partial charge in [-0.2, -0.15) is 0 Å². The van der Waals surface area contributed by atoms with Crippen molar-refractivity contribution in [1.29, 1.82) is 0 Å². The van der Waals surface area contributed by atoms with E-state index >= 15 is 0 Å². The van der Waals surface area contributed by atoms with E-state index in [9.17, 15) is 14.0 Å². The van der Waals surface area contributed by atoms with Crippen LogP contribution in [-0.2, 0) is 13.1 Å².